The fourth-order valence-corrected chi connectivity index (χ4v) is 2.02. The molecule has 0 radical (unpaired) electrons. The molecule has 14 heavy (non-hydrogen) atoms. The van der Waals surface area contributed by atoms with Crippen molar-refractivity contribution in [3.63, 3.8) is 0 Å². The van der Waals surface area contributed by atoms with Crippen LogP contribution in [0.2, 0.25) is 0 Å². The van der Waals surface area contributed by atoms with Crippen LogP contribution in [-0.4, -0.2) is 19.3 Å². The summed E-state index contributed by atoms with van der Waals surface area (Å²) >= 11 is 0. The highest BCUT2D eigenvalue weighted by Crippen LogP contribution is 2.20. The predicted octanol–water partition coefficient (Wildman–Crippen LogP) is 2.18. The number of hydrogen-bond donors (Lipinski definition) is 1. The summed E-state index contributed by atoms with van der Waals surface area (Å²) in [5.74, 6) is 0.207. The number of rotatable bonds is 2. The fourth-order valence-electron chi connectivity index (χ4n) is 2.02. The van der Waals surface area contributed by atoms with Crippen molar-refractivity contribution in [2.75, 3.05) is 13.1 Å². The Morgan fingerprint density at radius 2 is 2.07 bits per heavy atom. The molecule has 0 spiro atoms. The Labute approximate surface area is 84.3 Å². The number of hydrogen-bond acceptors (Lipinski definition) is 1. The molecule has 76 valence electrons. The summed E-state index contributed by atoms with van der Waals surface area (Å²) in [4.78, 5) is 0. The quantitative estimate of drug-likeness (QED) is 0.759. The van der Waals surface area contributed by atoms with E-state index in [2.05, 4.69) is 17.4 Å². The largest absolute Gasteiger partial charge is 0.314 e. The van der Waals surface area contributed by atoms with E-state index in [0.717, 1.165) is 19.4 Å². The van der Waals surface area contributed by atoms with E-state index in [-0.39, 0.29) is 5.92 Å². The van der Waals surface area contributed by atoms with Crippen molar-refractivity contribution in [2.24, 2.45) is 5.92 Å². The maximum atomic E-state index is 13.5. The second kappa shape index (κ2) is 4.56. The molecule has 1 aliphatic heterocycles. The van der Waals surface area contributed by atoms with E-state index in [9.17, 15) is 4.39 Å². The molecule has 1 fully saturated rings. The van der Waals surface area contributed by atoms with E-state index in [4.69, 9.17) is 0 Å². The molecule has 0 aliphatic carbocycles. The highest BCUT2D eigenvalue weighted by atomic mass is 19.1. The highest BCUT2D eigenvalue weighted by Gasteiger charge is 2.24. The normalized spacial score (nSPS) is 27.5. The Morgan fingerprint density at radius 3 is 2.79 bits per heavy atom. The first-order valence-corrected chi connectivity index (χ1v) is 5.25. The summed E-state index contributed by atoms with van der Waals surface area (Å²) in [6.45, 7) is 1.48. The number of piperidine rings is 1. The lowest BCUT2D eigenvalue weighted by Crippen LogP contribution is -2.38. The van der Waals surface area contributed by atoms with E-state index in [0.29, 0.717) is 6.54 Å². The first kappa shape index (κ1) is 9.66. The van der Waals surface area contributed by atoms with Gasteiger partial charge in [0.15, 0.2) is 0 Å². The summed E-state index contributed by atoms with van der Waals surface area (Å²) in [6.07, 6.45) is 1.16. The van der Waals surface area contributed by atoms with Gasteiger partial charge in [-0.25, -0.2) is 4.39 Å². The van der Waals surface area contributed by atoms with Gasteiger partial charge in [0.25, 0.3) is 0 Å². The van der Waals surface area contributed by atoms with Gasteiger partial charge in [-0.15, -0.1) is 0 Å². The second-order valence-corrected chi connectivity index (χ2v) is 3.96. The van der Waals surface area contributed by atoms with E-state index >= 15 is 0 Å². The van der Waals surface area contributed by atoms with Gasteiger partial charge in [-0.1, -0.05) is 30.3 Å². The maximum Gasteiger partial charge on any atom is 0.116 e. The molecule has 0 bridgehead atoms. The summed E-state index contributed by atoms with van der Waals surface area (Å²) in [5, 5.41) is 3.08. The van der Waals surface area contributed by atoms with Crippen LogP contribution < -0.4 is 5.32 Å². The molecule has 2 rings (SSSR count). The zero-order valence-electron chi connectivity index (χ0n) is 8.25. The van der Waals surface area contributed by atoms with Gasteiger partial charge < -0.3 is 5.32 Å². The molecule has 1 N–H and O–H groups in total. The molecule has 2 heteroatoms. The van der Waals surface area contributed by atoms with Crippen LogP contribution in [0.4, 0.5) is 4.39 Å². The lowest BCUT2D eigenvalue weighted by Gasteiger charge is -2.26. The van der Waals surface area contributed by atoms with E-state index in [1.807, 2.05) is 18.2 Å². The van der Waals surface area contributed by atoms with Crippen molar-refractivity contribution >= 4 is 0 Å². The molecule has 1 aromatic rings. The molecular formula is C12H16FN. The molecular weight excluding hydrogens is 177 g/mol. The SMILES string of the molecule is F[C@H]1CNCC[C@H]1Cc1ccccc1. The standard InChI is InChI=1S/C12H16FN/c13-12-9-14-7-6-11(12)8-10-4-2-1-3-5-10/h1-5,11-12,14H,6-9H2/t11-,12-/m0/s1. The molecule has 1 heterocycles. The molecule has 0 saturated carbocycles. The zero-order chi connectivity index (χ0) is 9.80. The fraction of sp³-hybridized carbons (Fsp3) is 0.500. The summed E-state index contributed by atoms with van der Waals surface area (Å²) in [7, 11) is 0. The lowest BCUT2D eigenvalue weighted by molar-refractivity contribution is 0.179. The Hall–Kier alpha value is -0.890. The molecule has 0 unspecified atom stereocenters. The minimum Gasteiger partial charge on any atom is -0.314 e. The molecule has 1 saturated heterocycles. The van der Waals surface area contributed by atoms with Crippen molar-refractivity contribution in [3.8, 4) is 0 Å². The van der Waals surface area contributed by atoms with Gasteiger partial charge in [-0.05, 0) is 30.9 Å². The van der Waals surface area contributed by atoms with Crippen molar-refractivity contribution in [2.45, 2.75) is 19.0 Å². The third-order valence-electron chi connectivity index (χ3n) is 2.88. The third kappa shape index (κ3) is 2.32. The van der Waals surface area contributed by atoms with Gasteiger partial charge in [-0.2, -0.15) is 0 Å². The van der Waals surface area contributed by atoms with E-state index in [1.165, 1.54) is 5.56 Å². The van der Waals surface area contributed by atoms with Crippen LogP contribution in [0.1, 0.15) is 12.0 Å². The monoisotopic (exact) mass is 193 g/mol. The minimum atomic E-state index is -0.677. The van der Waals surface area contributed by atoms with Crippen molar-refractivity contribution in [3.05, 3.63) is 35.9 Å². The molecule has 0 amide bonds. The van der Waals surface area contributed by atoms with Gasteiger partial charge in [0.1, 0.15) is 6.17 Å². The summed E-state index contributed by atoms with van der Waals surface area (Å²) in [5.41, 5.74) is 1.25. The van der Waals surface area contributed by atoms with Gasteiger partial charge >= 0.3 is 0 Å². The molecule has 1 nitrogen and oxygen atoms in total. The van der Waals surface area contributed by atoms with Gasteiger partial charge in [0.05, 0.1) is 0 Å². The average molecular weight is 193 g/mol. The van der Waals surface area contributed by atoms with Crippen LogP contribution >= 0.6 is 0 Å². The predicted molar refractivity (Wildman–Crippen MR) is 56.0 cm³/mol. The Morgan fingerprint density at radius 1 is 1.29 bits per heavy atom. The molecule has 2 atom stereocenters. The van der Waals surface area contributed by atoms with Crippen LogP contribution in [0.5, 0.6) is 0 Å². The Kier molecular flexibility index (Phi) is 3.14. The first-order chi connectivity index (χ1) is 6.86. The Bertz CT molecular complexity index is 273. The maximum absolute atomic E-state index is 13.5. The number of benzene rings is 1. The van der Waals surface area contributed by atoms with Crippen LogP contribution in [0.25, 0.3) is 0 Å². The van der Waals surface area contributed by atoms with Crippen molar-refractivity contribution < 1.29 is 4.39 Å². The van der Waals surface area contributed by atoms with Crippen molar-refractivity contribution in [1.82, 2.24) is 5.32 Å². The number of nitrogens with one attached hydrogen (secondary N) is 1. The Balaban J connectivity index is 1.96. The van der Waals surface area contributed by atoms with Crippen molar-refractivity contribution in [1.29, 1.82) is 0 Å². The minimum absolute atomic E-state index is 0.207. The number of alkyl halides is 1. The van der Waals surface area contributed by atoms with Crippen LogP contribution in [0.3, 0.4) is 0 Å². The van der Waals surface area contributed by atoms with Gasteiger partial charge in [0.2, 0.25) is 0 Å². The zero-order valence-corrected chi connectivity index (χ0v) is 8.25. The average Bonchev–Trinajstić information content (AvgIpc) is 2.23. The van der Waals surface area contributed by atoms with Gasteiger partial charge in [-0.3, -0.25) is 0 Å². The third-order valence-corrected chi connectivity index (χ3v) is 2.88. The first-order valence-electron chi connectivity index (χ1n) is 5.25. The smallest absolute Gasteiger partial charge is 0.116 e. The highest BCUT2D eigenvalue weighted by molar-refractivity contribution is 5.15. The van der Waals surface area contributed by atoms with Gasteiger partial charge in [0, 0.05) is 6.54 Å². The molecule has 1 aliphatic rings. The molecule has 1 aromatic carbocycles. The number of halogens is 1. The summed E-state index contributed by atoms with van der Waals surface area (Å²) in [6, 6.07) is 10.2. The second-order valence-electron chi connectivity index (χ2n) is 3.96. The van der Waals surface area contributed by atoms with Crippen LogP contribution in [0.15, 0.2) is 30.3 Å². The van der Waals surface area contributed by atoms with Crippen LogP contribution in [-0.2, 0) is 6.42 Å². The molecule has 0 aromatic heterocycles. The van der Waals surface area contributed by atoms with E-state index in [1.54, 1.807) is 0 Å². The summed E-state index contributed by atoms with van der Waals surface area (Å²) < 4.78 is 13.5. The lowest BCUT2D eigenvalue weighted by atomic mass is 9.89. The topological polar surface area (TPSA) is 12.0 Å². The van der Waals surface area contributed by atoms with E-state index < -0.39 is 6.17 Å². The van der Waals surface area contributed by atoms with Crippen LogP contribution in [0, 0.1) is 5.92 Å².